The number of nitrogens with one attached hydrogen (secondary N) is 2. The Morgan fingerprint density at radius 1 is 1.26 bits per heavy atom. The Morgan fingerprint density at radius 2 is 2.07 bits per heavy atom. The quantitative estimate of drug-likeness (QED) is 0.747. The number of carbonyl (C=O) groups excluding carboxylic acids is 2. The number of imidazole rings is 1. The number of nitrogens with zero attached hydrogens (tertiary/aromatic N) is 2. The van der Waals surface area contributed by atoms with Gasteiger partial charge in [-0.2, -0.15) is 0 Å². The summed E-state index contributed by atoms with van der Waals surface area (Å²) in [5, 5.41) is 5.58. The SMILES string of the molecule is Cc1ccc2c(c1)NC(=O)C(CC(=O)Nc1ccc(-n3ccnc3)cc1)O2. The molecule has 0 saturated carbocycles. The van der Waals surface area contributed by atoms with Gasteiger partial charge >= 0.3 is 0 Å². The molecule has 1 aromatic heterocycles. The minimum atomic E-state index is -0.856. The molecule has 3 aromatic rings. The average Bonchev–Trinajstić information content (AvgIpc) is 3.18. The number of hydrogen-bond acceptors (Lipinski definition) is 4. The van der Waals surface area contributed by atoms with E-state index in [0.29, 0.717) is 17.1 Å². The molecule has 136 valence electrons. The van der Waals surface area contributed by atoms with Gasteiger partial charge in [0, 0.05) is 23.8 Å². The molecule has 4 rings (SSSR count). The van der Waals surface area contributed by atoms with Crippen molar-refractivity contribution in [3.63, 3.8) is 0 Å². The molecule has 0 radical (unpaired) electrons. The lowest BCUT2D eigenvalue weighted by Crippen LogP contribution is -2.39. The standard InChI is InChI=1S/C20H18N4O3/c1-13-2-7-17-16(10-13)23-20(26)18(27-17)11-19(25)22-14-3-5-15(6-4-14)24-9-8-21-12-24/h2-10,12,18H,11H2,1H3,(H,22,25)(H,23,26). The molecule has 0 fully saturated rings. The van der Waals surface area contributed by atoms with Gasteiger partial charge in [0.15, 0.2) is 6.10 Å². The predicted octanol–water partition coefficient (Wildman–Crippen LogP) is 2.91. The molecule has 1 aliphatic heterocycles. The minimum Gasteiger partial charge on any atom is -0.478 e. The van der Waals surface area contributed by atoms with E-state index < -0.39 is 6.10 Å². The molecule has 1 atom stereocenters. The third-order valence-electron chi connectivity index (χ3n) is 4.28. The van der Waals surface area contributed by atoms with Crippen molar-refractivity contribution >= 4 is 23.2 Å². The van der Waals surface area contributed by atoms with Crippen LogP contribution in [0.4, 0.5) is 11.4 Å². The van der Waals surface area contributed by atoms with Crippen LogP contribution in [0.3, 0.4) is 0 Å². The van der Waals surface area contributed by atoms with Crippen molar-refractivity contribution in [3.8, 4) is 11.4 Å². The lowest BCUT2D eigenvalue weighted by atomic mass is 10.1. The second kappa shape index (κ2) is 6.95. The van der Waals surface area contributed by atoms with Crippen LogP contribution in [0.25, 0.3) is 5.69 Å². The van der Waals surface area contributed by atoms with E-state index in [0.717, 1.165) is 11.3 Å². The number of aromatic nitrogens is 2. The first kappa shape index (κ1) is 16.8. The number of ether oxygens (including phenoxy) is 1. The van der Waals surface area contributed by atoms with E-state index in [1.807, 2.05) is 42.0 Å². The van der Waals surface area contributed by atoms with E-state index >= 15 is 0 Å². The van der Waals surface area contributed by atoms with Crippen molar-refractivity contribution in [2.45, 2.75) is 19.4 Å². The summed E-state index contributed by atoms with van der Waals surface area (Å²) >= 11 is 0. The van der Waals surface area contributed by atoms with Crippen LogP contribution in [0.2, 0.25) is 0 Å². The molecular formula is C20H18N4O3. The molecule has 2 aromatic carbocycles. The number of carbonyl (C=O) groups is 2. The van der Waals surface area contributed by atoms with E-state index in [1.54, 1.807) is 30.7 Å². The summed E-state index contributed by atoms with van der Waals surface area (Å²) in [6.07, 6.45) is 4.32. The van der Waals surface area contributed by atoms with Crippen molar-refractivity contribution in [2.75, 3.05) is 10.6 Å². The maximum atomic E-state index is 12.3. The summed E-state index contributed by atoms with van der Waals surface area (Å²) in [7, 11) is 0. The first-order chi connectivity index (χ1) is 13.1. The highest BCUT2D eigenvalue weighted by molar-refractivity contribution is 6.02. The summed E-state index contributed by atoms with van der Waals surface area (Å²) in [5.41, 5.74) is 3.24. The second-order valence-corrected chi connectivity index (χ2v) is 6.36. The zero-order valence-corrected chi connectivity index (χ0v) is 14.7. The van der Waals surface area contributed by atoms with Crippen molar-refractivity contribution in [1.82, 2.24) is 9.55 Å². The Bertz CT molecular complexity index is 981. The number of anilines is 2. The number of fused-ring (bicyclic) bond motifs is 1. The van der Waals surface area contributed by atoms with Gasteiger partial charge in [0.05, 0.1) is 18.4 Å². The van der Waals surface area contributed by atoms with Crippen molar-refractivity contribution in [3.05, 3.63) is 66.7 Å². The fourth-order valence-electron chi connectivity index (χ4n) is 2.91. The molecule has 1 unspecified atom stereocenters. The topological polar surface area (TPSA) is 85.3 Å². The Morgan fingerprint density at radius 3 is 2.81 bits per heavy atom. The highest BCUT2D eigenvalue weighted by Crippen LogP contribution is 2.31. The third-order valence-corrected chi connectivity index (χ3v) is 4.28. The van der Waals surface area contributed by atoms with E-state index in [1.165, 1.54) is 0 Å². The van der Waals surface area contributed by atoms with Crippen molar-refractivity contribution < 1.29 is 14.3 Å². The molecule has 0 aliphatic carbocycles. The van der Waals surface area contributed by atoms with Crippen LogP contribution in [-0.2, 0) is 9.59 Å². The van der Waals surface area contributed by atoms with Crippen LogP contribution in [0.15, 0.2) is 61.2 Å². The smallest absolute Gasteiger partial charge is 0.266 e. The molecular weight excluding hydrogens is 344 g/mol. The maximum absolute atomic E-state index is 12.3. The Balaban J connectivity index is 1.39. The molecule has 2 heterocycles. The summed E-state index contributed by atoms with van der Waals surface area (Å²) in [6.45, 7) is 1.93. The summed E-state index contributed by atoms with van der Waals surface area (Å²) in [6, 6.07) is 12.9. The van der Waals surface area contributed by atoms with Gasteiger partial charge in [0.25, 0.3) is 5.91 Å². The van der Waals surface area contributed by atoms with Gasteiger partial charge in [0.1, 0.15) is 5.75 Å². The zero-order valence-electron chi connectivity index (χ0n) is 14.7. The lowest BCUT2D eigenvalue weighted by Gasteiger charge is -2.25. The first-order valence-corrected chi connectivity index (χ1v) is 8.55. The highest BCUT2D eigenvalue weighted by Gasteiger charge is 2.29. The largest absolute Gasteiger partial charge is 0.478 e. The zero-order chi connectivity index (χ0) is 18.8. The number of aryl methyl sites for hydroxylation is 1. The van der Waals surface area contributed by atoms with Gasteiger partial charge in [-0.05, 0) is 48.9 Å². The summed E-state index contributed by atoms with van der Waals surface area (Å²) in [4.78, 5) is 28.5. The highest BCUT2D eigenvalue weighted by atomic mass is 16.5. The van der Waals surface area contributed by atoms with Gasteiger partial charge < -0.3 is 19.9 Å². The molecule has 27 heavy (non-hydrogen) atoms. The number of amides is 2. The fraction of sp³-hybridized carbons (Fsp3) is 0.150. The van der Waals surface area contributed by atoms with E-state index in [-0.39, 0.29) is 18.2 Å². The summed E-state index contributed by atoms with van der Waals surface area (Å²) in [5.74, 6) is -0.0394. The van der Waals surface area contributed by atoms with Gasteiger partial charge in [-0.25, -0.2) is 4.98 Å². The Kier molecular flexibility index (Phi) is 4.33. The third kappa shape index (κ3) is 3.67. The van der Waals surface area contributed by atoms with Crippen LogP contribution in [0.5, 0.6) is 5.75 Å². The van der Waals surface area contributed by atoms with Crippen LogP contribution >= 0.6 is 0 Å². The predicted molar refractivity (Wildman–Crippen MR) is 101 cm³/mol. The van der Waals surface area contributed by atoms with Crippen molar-refractivity contribution in [1.29, 1.82) is 0 Å². The molecule has 0 spiro atoms. The molecule has 0 bridgehead atoms. The molecule has 2 N–H and O–H groups in total. The van der Waals surface area contributed by atoms with Crippen LogP contribution < -0.4 is 15.4 Å². The molecule has 7 heteroatoms. The van der Waals surface area contributed by atoms with Crippen LogP contribution in [-0.4, -0.2) is 27.5 Å². The van der Waals surface area contributed by atoms with Gasteiger partial charge in [-0.15, -0.1) is 0 Å². The molecule has 2 amide bonds. The first-order valence-electron chi connectivity index (χ1n) is 8.55. The molecule has 1 aliphatic rings. The second-order valence-electron chi connectivity index (χ2n) is 6.36. The number of rotatable bonds is 4. The molecule has 7 nitrogen and oxygen atoms in total. The normalized spacial score (nSPS) is 15.4. The minimum absolute atomic E-state index is 0.0670. The maximum Gasteiger partial charge on any atom is 0.266 e. The van der Waals surface area contributed by atoms with Gasteiger partial charge in [-0.3, -0.25) is 9.59 Å². The van der Waals surface area contributed by atoms with Crippen LogP contribution in [0.1, 0.15) is 12.0 Å². The monoisotopic (exact) mass is 362 g/mol. The number of benzene rings is 2. The van der Waals surface area contributed by atoms with E-state index in [9.17, 15) is 9.59 Å². The van der Waals surface area contributed by atoms with E-state index in [2.05, 4.69) is 15.6 Å². The lowest BCUT2D eigenvalue weighted by molar-refractivity contribution is -0.128. The fourth-order valence-corrected chi connectivity index (χ4v) is 2.91. The van der Waals surface area contributed by atoms with E-state index in [4.69, 9.17) is 4.74 Å². The molecule has 0 saturated heterocycles. The summed E-state index contributed by atoms with van der Waals surface area (Å²) < 4.78 is 7.56. The Hall–Kier alpha value is -3.61. The Labute approximate surface area is 156 Å². The average molecular weight is 362 g/mol. The van der Waals surface area contributed by atoms with Gasteiger partial charge in [-0.1, -0.05) is 6.07 Å². The van der Waals surface area contributed by atoms with Crippen LogP contribution in [0, 0.1) is 6.92 Å². The number of hydrogen-bond donors (Lipinski definition) is 2. The van der Waals surface area contributed by atoms with Crippen molar-refractivity contribution in [2.24, 2.45) is 0 Å². The van der Waals surface area contributed by atoms with Gasteiger partial charge in [0.2, 0.25) is 5.91 Å².